The van der Waals surface area contributed by atoms with E-state index in [1.165, 1.54) is 24.3 Å². The number of amides is 1. The van der Waals surface area contributed by atoms with Crippen molar-refractivity contribution in [2.45, 2.75) is 19.3 Å². The van der Waals surface area contributed by atoms with Crippen molar-refractivity contribution in [1.29, 1.82) is 0 Å². The zero-order chi connectivity index (χ0) is 16.7. The van der Waals surface area contributed by atoms with Crippen LogP contribution < -0.4 is 5.32 Å². The van der Waals surface area contributed by atoms with Gasteiger partial charge in [-0.05, 0) is 48.4 Å². The number of carbonyl (C=O) groups is 2. The maximum atomic E-state index is 12.8. The van der Waals surface area contributed by atoms with Crippen molar-refractivity contribution in [3.8, 4) is 0 Å². The summed E-state index contributed by atoms with van der Waals surface area (Å²) < 4.78 is 12.8. The van der Waals surface area contributed by atoms with Crippen molar-refractivity contribution >= 4 is 23.3 Å². The highest BCUT2D eigenvalue weighted by Crippen LogP contribution is 2.10. The Morgan fingerprint density at radius 3 is 2.26 bits per heavy atom. The van der Waals surface area contributed by atoms with Gasteiger partial charge in [-0.3, -0.25) is 9.59 Å². The van der Waals surface area contributed by atoms with Crippen LogP contribution in [0.15, 0.2) is 48.5 Å². The van der Waals surface area contributed by atoms with Gasteiger partial charge in [0.15, 0.2) is 5.78 Å². The molecular formula is C18H17ClFNO2. The van der Waals surface area contributed by atoms with E-state index in [9.17, 15) is 14.0 Å². The molecule has 0 radical (unpaired) electrons. The average Bonchev–Trinajstić information content (AvgIpc) is 2.55. The summed E-state index contributed by atoms with van der Waals surface area (Å²) in [5.74, 6) is -0.728. The first-order chi connectivity index (χ1) is 11.0. The van der Waals surface area contributed by atoms with E-state index in [-0.39, 0.29) is 30.3 Å². The van der Waals surface area contributed by atoms with E-state index in [4.69, 9.17) is 11.6 Å². The summed E-state index contributed by atoms with van der Waals surface area (Å²) in [4.78, 5) is 23.6. The molecule has 0 bridgehead atoms. The Balaban J connectivity index is 1.69. The lowest BCUT2D eigenvalue weighted by Crippen LogP contribution is -2.26. The minimum absolute atomic E-state index is 0.110. The number of rotatable bonds is 7. The second-order valence-electron chi connectivity index (χ2n) is 5.16. The fourth-order valence-electron chi connectivity index (χ4n) is 2.09. The monoisotopic (exact) mass is 333 g/mol. The molecule has 0 aliphatic carbocycles. The first-order valence-electron chi connectivity index (χ1n) is 7.34. The molecule has 2 aromatic carbocycles. The van der Waals surface area contributed by atoms with E-state index in [2.05, 4.69) is 5.32 Å². The van der Waals surface area contributed by atoms with Gasteiger partial charge in [0.2, 0.25) is 5.91 Å². The maximum Gasteiger partial charge on any atom is 0.220 e. The van der Waals surface area contributed by atoms with E-state index < -0.39 is 0 Å². The number of Topliss-reactive ketones (excluding diaryl/α,β-unsaturated/α-hetero) is 1. The van der Waals surface area contributed by atoms with E-state index >= 15 is 0 Å². The van der Waals surface area contributed by atoms with Crippen LogP contribution in [0, 0.1) is 5.82 Å². The molecule has 120 valence electrons. The topological polar surface area (TPSA) is 46.2 Å². The molecule has 1 amide bonds. The van der Waals surface area contributed by atoms with Crippen molar-refractivity contribution in [3.05, 3.63) is 70.5 Å². The quantitative estimate of drug-likeness (QED) is 0.783. The SMILES string of the molecule is O=C(CCC(=O)c1ccc(F)cc1)NCCc1ccc(Cl)cc1. The van der Waals surface area contributed by atoms with Crippen LogP contribution in [0.2, 0.25) is 5.02 Å². The Morgan fingerprint density at radius 2 is 1.61 bits per heavy atom. The van der Waals surface area contributed by atoms with Gasteiger partial charge in [0.05, 0.1) is 0 Å². The third-order valence-corrected chi connectivity index (χ3v) is 3.65. The van der Waals surface area contributed by atoms with Crippen LogP contribution in [0.3, 0.4) is 0 Å². The summed E-state index contributed by atoms with van der Waals surface area (Å²) in [6, 6.07) is 12.8. The second-order valence-corrected chi connectivity index (χ2v) is 5.59. The van der Waals surface area contributed by atoms with Crippen molar-refractivity contribution in [2.24, 2.45) is 0 Å². The lowest BCUT2D eigenvalue weighted by molar-refractivity contribution is -0.121. The summed E-state index contributed by atoms with van der Waals surface area (Å²) in [5, 5.41) is 3.46. The van der Waals surface area contributed by atoms with Crippen molar-refractivity contribution in [2.75, 3.05) is 6.54 Å². The third kappa shape index (κ3) is 5.83. The highest BCUT2D eigenvalue weighted by molar-refractivity contribution is 6.30. The third-order valence-electron chi connectivity index (χ3n) is 3.39. The van der Waals surface area contributed by atoms with Gasteiger partial charge in [-0.25, -0.2) is 4.39 Å². The van der Waals surface area contributed by atoms with Gasteiger partial charge in [0.25, 0.3) is 0 Å². The van der Waals surface area contributed by atoms with Gasteiger partial charge in [-0.15, -0.1) is 0 Å². The first-order valence-corrected chi connectivity index (χ1v) is 7.72. The Labute approximate surface area is 139 Å². The van der Waals surface area contributed by atoms with Gasteiger partial charge < -0.3 is 5.32 Å². The molecule has 0 saturated carbocycles. The summed E-state index contributed by atoms with van der Waals surface area (Å²) in [7, 11) is 0. The molecule has 0 aliphatic rings. The Bertz CT molecular complexity index is 668. The number of nitrogens with one attached hydrogen (secondary N) is 1. The van der Waals surface area contributed by atoms with E-state index in [1.807, 2.05) is 12.1 Å². The molecule has 5 heteroatoms. The van der Waals surface area contributed by atoms with Gasteiger partial charge in [0.1, 0.15) is 5.82 Å². The molecule has 1 N–H and O–H groups in total. The van der Waals surface area contributed by atoms with Crippen LogP contribution in [-0.2, 0) is 11.2 Å². The molecule has 0 unspecified atom stereocenters. The molecule has 0 saturated heterocycles. The van der Waals surface area contributed by atoms with Crippen LogP contribution in [0.4, 0.5) is 4.39 Å². The average molecular weight is 334 g/mol. The lowest BCUT2D eigenvalue weighted by Gasteiger charge is -2.05. The predicted molar refractivity (Wildman–Crippen MR) is 88.1 cm³/mol. The molecule has 0 atom stereocenters. The number of carbonyl (C=O) groups excluding carboxylic acids is 2. The molecule has 0 aliphatic heterocycles. The van der Waals surface area contributed by atoms with Gasteiger partial charge in [-0.1, -0.05) is 23.7 Å². The molecule has 2 aromatic rings. The summed E-state index contributed by atoms with van der Waals surface area (Å²) in [6.45, 7) is 0.505. The first kappa shape index (κ1) is 17.2. The highest BCUT2D eigenvalue weighted by atomic mass is 35.5. The zero-order valence-corrected chi connectivity index (χ0v) is 13.3. The fraction of sp³-hybridized carbons (Fsp3) is 0.222. The van der Waals surface area contributed by atoms with Crippen LogP contribution in [0.5, 0.6) is 0 Å². The minimum Gasteiger partial charge on any atom is -0.356 e. The van der Waals surface area contributed by atoms with Crippen molar-refractivity contribution in [3.63, 3.8) is 0 Å². The molecule has 2 rings (SSSR count). The smallest absolute Gasteiger partial charge is 0.220 e. The number of hydrogen-bond acceptors (Lipinski definition) is 2. The molecule has 23 heavy (non-hydrogen) atoms. The predicted octanol–water partition coefficient (Wildman–Crippen LogP) is 3.80. The van der Waals surface area contributed by atoms with Crippen LogP contribution in [0.1, 0.15) is 28.8 Å². The largest absolute Gasteiger partial charge is 0.356 e. The molecule has 3 nitrogen and oxygen atoms in total. The van der Waals surface area contributed by atoms with E-state index in [1.54, 1.807) is 12.1 Å². The second kappa shape index (κ2) is 8.44. The summed E-state index contributed by atoms with van der Waals surface area (Å²) >= 11 is 5.80. The lowest BCUT2D eigenvalue weighted by atomic mass is 10.1. The van der Waals surface area contributed by atoms with Crippen LogP contribution in [0.25, 0.3) is 0 Å². The van der Waals surface area contributed by atoms with Gasteiger partial charge in [-0.2, -0.15) is 0 Å². The molecular weight excluding hydrogens is 317 g/mol. The molecule has 0 aromatic heterocycles. The maximum absolute atomic E-state index is 12.8. The minimum atomic E-state index is -0.388. The summed E-state index contributed by atoms with van der Waals surface area (Å²) in [6.07, 6.45) is 0.935. The number of halogens is 2. The summed E-state index contributed by atoms with van der Waals surface area (Å²) in [5.41, 5.74) is 1.50. The number of benzene rings is 2. The van der Waals surface area contributed by atoms with Gasteiger partial charge >= 0.3 is 0 Å². The Hall–Kier alpha value is -2.20. The number of hydrogen-bond donors (Lipinski definition) is 1. The normalized spacial score (nSPS) is 10.3. The van der Waals surface area contributed by atoms with E-state index in [0.717, 1.165) is 5.56 Å². The highest BCUT2D eigenvalue weighted by Gasteiger charge is 2.09. The Morgan fingerprint density at radius 1 is 0.957 bits per heavy atom. The van der Waals surface area contributed by atoms with Crippen LogP contribution in [-0.4, -0.2) is 18.2 Å². The zero-order valence-electron chi connectivity index (χ0n) is 12.5. The molecule has 0 fully saturated rings. The van der Waals surface area contributed by atoms with Gasteiger partial charge in [0, 0.05) is 30.0 Å². The Kier molecular flexibility index (Phi) is 6.29. The standard InChI is InChI=1S/C18H17ClFNO2/c19-15-5-1-13(2-6-15)11-12-21-18(23)10-9-17(22)14-3-7-16(20)8-4-14/h1-8H,9-12H2,(H,21,23). The van der Waals surface area contributed by atoms with Crippen molar-refractivity contribution < 1.29 is 14.0 Å². The molecule has 0 spiro atoms. The molecule has 0 heterocycles. The van der Waals surface area contributed by atoms with Crippen LogP contribution >= 0.6 is 11.6 Å². The number of ketones is 1. The fourth-order valence-corrected chi connectivity index (χ4v) is 2.22. The van der Waals surface area contributed by atoms with Crippen molar-refractivity contribution in [1.82, 2.24) is 5.32 Å². The van der Waals surface area contributed by atoms with E-state index in [0.29, 0.717) is 23.6 Å².